The average molecular weight is 154 g/mol. The van der Waals surface area contributed by atoms with Crippen LogP contribution in [0.25, 0.3) is 0 Å². The number of nitrogens with zero attached hydrogens (tertiary/aromatic N) is 1. The highest BCUT2D eigenvalue weighted by Crippen LogP contribution is 2.18. The summed E-state index contributed by atoms with van der Waals surface area (Å²) in [7, 11) is 0. The molecule has 0 N–H and O–H groups in total. The van der Waals surface area contributed by atoms with Gasteiger partial charge in [-0.2, -0.15) is 0 Å². The summed E-state index contributed by atoms with van der Waals surface area (Å²) in [5, 5.41) is 4.12. The first-order valence-corrected chi connectivity index (χ1v) is 4.56. The number of hydrogen-bond acceptors (Lipinski definition) is 1. The van der Waals surface area contributed by atoms with Gasteiger partial charge in [0.25, 0.3) is 0 Å². The smallest absolute Gasteiger partial charge is 0.241 e. The van der Waals surface area contributed by atoms with Crippen molar-refractivity contribution in [3.63, 3.8) is 0 Å². The molecule has 63 valence electrons. The fourth-order valence-corrected chi connectivity index (χ4v) is 1.51. The molecule has 2 heteroatoms. The average Bonchev–Trinajstić information content (AvgIpc) is 2.06. The van der Waals surface area contributed by atoms with Crippen LogP contribution in [0.15, 0.2) is 0 Å². The van der Waals surface area contributed by atoms with Gasteiger partial charge in [0.15, 0.2) is 0 Å². The molecule has 0 bridgehead atoms. The zero-order valence-electron chi connectivity index (χ0n) is 7.18. The summed E-state index contributed by atoms with van der Waals surface area (Å²) in [4.78, 5) is 10.9. The van der Waals surface area contributed by atoms with E-state index in [9.17, 15) is 4.79 Å². The van der Waals surface area contributed by atoms with Crippen LogP contribution in [-0.2, 0) is 4.79 Å². The maximum atomic E-state index is 10.9. The van der Waals surface area contributed by atoms with Gasteiger partial charge >= 0.3 is 0 Å². The van der Waals surface area contributed by atoms with E-state index in [-0.39, 0.29) is 5.91 Å². The van der Waals surface area contributed by atoms with E-state index in [1.165, 1.54) is 19.3 Å². The van der Waals surface area contributed by atoms with Crippen molar-refractivity contribution < 1.29 is 4.79 Å². The fourth-order valence-electron chi connectivity index (χ4n) is 1.51. The van der Waals surface area contributed by atoms with Crippen LogP contribution in [0, 0.1) is 0 Å². The molecule has 0 aliphatic heterocycles. The molecule has 0 aromatic heterocycles. The molecule has 1 saturated carbocycles. The maximum absolute atomic E-state index is 10.9. The number of amides is 1. The van der Waals surface area contributed by atoms with Crippen LogP contribution in [0.5, 0.6) is 0 Å². The van der Waals surface area contributed by atoms with Gasteiger partial charge in [-0.3, -0.25) is 4.79 Å². The van der Waals surface area contributed by atoms with Crippen LogP contribution in [0.4, 0.5) is 0 Å². The lowest BCUT2D eigenvalue weighted by molar-refractivity contribution is -0.122. The Balaban J connectivity index is 2.19. The van der Waals surface area contributed by atoms with E-state index in [2.05, 4.69) is 5.32 Å². The zero-order chi connectivity index (χ0) is 8.10. The summed E-state index contributed by atoms with van der Waals surface area (Å²) in [5.74, 6) is 0.0805. The van der Waals surface area contributed by atoms with Crippen LogP contribution in [0.2, 0.25) is 0 Å². The molecule has 0 aromatic carbocycles. The third-order valence-corrected chi connectivity index (χ3v) is 2.20. The predicted octanol–water partition coefficient (Wildman–Crippen LogP) is 1.86. The molecule has 1 rings (SSSR count). The molecule has 1 radical (unpaired) electrons. The van der Waals surface area contributed by atoms with Crippen molar-refractivity contribution in [3.05, 3.63) is 0 Å². The number of rotatable bonds is 2. The van der Waals surface area contributed by atoms with Crippen LogP contribution >= 0.6 is 0 Å². The summed E-state index contributed by atoms with van der Waals surface area (Å²) in [5.41, 5.74) is 0. The molecule has 1 aliphatic rings. The van der Waals surface area contributed by atoms with Crippen molar-refractivity contribution in [3.8, 4) is 0 Å². The number of hydrogen-bond donors (Lipinski definition) is 0. The summed E-state index contributed by atoms with van der Waals surface area (Å²) in [6, 6.07) is 0.358. The largest absolute Gasteiger partial charge is 0.273 e. The van der Waals surface area contributed by atoms with Crippen molar-refractivity contribution >= 4 is 5.91 Å². The van der Waals surface area contributed by atoms with Crippen LogP contribution in [0.3, 0.4) is 0 Å². The van der Waals surface area contributed by atoms with Crippen LogP contribution < -0.4 is 5.32 Å². The van der Waals surface area contributed by atoms with E-state index in [1.807, 2.05) is 6.92 Å². The van der Waals surface area contributed by atoms with E-state index < -0.39 is 0 Å². The van der Waals surface area contributed by atoms with Gasteiger partial charge in [-0.05, 0) is 12.8 Å². The van der Waals surface area contributed by atoms with E-state index >= 15 is 0 Å². The Hall–Kier alpha value is -0.530. The topological polar surface area (TPSA) is 31.2 Å². The molecule has 0 spiro atoms. The van der Waals surface area contributed by atoms with Crippen LogP contribution in [0.1, 0.15) is 45.4 Å². The minimum atomic E-state index is 0.0805. The van der Waals surface area contributed by atoms with Crippen molar-refractivity contribution in [2.45, 2.75) is 51.5 Å². The van der Waals surface area contributed by atoms with Crippen molar-refractivity contribution in [2.75, 3.05) is 0 Å². The highest BCUT2D eigenvalue weighted by molar-refractivity contribution is 5.75. The second-order valence-electron chi connectivity index (χ2n) is 3.17. The van der Waals surface area contributed by atoms with Gasteiger partial charge in [0.1, 0.15) is 0 Å². The first kappa shape index (κ1) is 8.57. The highest BCUT2D eigenvalue weighted by Gasteiger charge is 2.15. The van der Waals surface area contributed by atoms with Gasteiger partial charge in [-0.15, -0.1) is 0 Å². The Morgan fingerprint density at radius 1 is 1.36 bits per heavy atom. The Morgan fingerprint density at radius 2 is 2.00 bits per heavy atom. The molecular weight excluding hydrogens is 138 g/mol. The summed E-state index contributed by atoms with van der Waals surface area (Å²) < 4.78 is 0. The molecule has 0 aromatic rings. The first-order chi connectivity index (χ1) is 5.33. The Morgan fingerprint density at radius 3 is 2.55 bits per heavy atom. The SMILES string of the molecule is CCC(=O)[N]C1CCCCC1. The number of carbonyl (C=O) groups excluding carboxylic acids is 1. The molecule has 0 atom stereocenters. The lowest BCUT2D eigenvalue weighted by Gasteiger charge is -2.19. The van der Waals surface area contributed by atoms with E-state index in [4.69, 9.17) is 0 Å². The third kappa shape index (κ3) is 2.91. The van der Waals surface area contributed by atoms with E-state index in [0.29, 0.717) is 12.5 Å². The molecule has 2 nitrogen and oxygen atoms in total. The van der Waals surface area contributed by atoms with Gasteiger partial charge in [-0.25, -0.2) is 5.32 Å². The molecule has 1 fully saturated rings. The lowest BCUT2D eigenvalue weighted by atomic mass is 9.95. The van der Waals surface area contributed by atoms with Gasteiger partial charge < -0.3 is 0 Å². The molecule has 0 heterocycles. The third-order valence-electron chi connectivity index (χ3n) is 2.20. The molecule has 11 heavy (non-hydrogen) atoms. The molecule has 1 aliphatic carbocycles. The van der Waals surface area contributed by atoms with E-state index in [0.717, 1.165) is 12.8 Å². The quantitative estimate of drug-likeness (QED) is 0.597. The van der Waals surface area contributed by atoms with Crippen molar-refractivity contribution in [2.24, 2.45) is 0 Å². The summed E-state index contributed by atoms with van der Waals surface area (Å²) in [6.07, 6.45) is 6.66. The van der Waals surface area contributed by atoms with Gasteiger partial charge in [0, 0.05) is 6.42 Å². The van der Waals surface area contributed by atoms with Crippen molar-refractivity contribution in [1.82, 2.24) is 5.32 Å². The van der Waals surface area contributed by atoms with Crippen LogP contribution in [-0.4, -0.2) is 11.9 Å². The Kier molecular flexibility index (Phi) is 3.40. The van der Waals surface area contributed by atoms with E-state index in [1.54, 1.807) is 0 Å². The number of carbonyl (C=O) groups is 1. The maximum Gasteiger partial charge on any atom is 0.241 e. The Labute approximate surface area is 68.4 Å². The van der Waals surface area contributed by atoms with Crippen molar-refractivity contribution in [1.29, 1.82) is 0 Å². The van der Waals surface area contributed by atoms with Gasteiger partial charge in [0.2, 0.25) is 5.91 Å². The fraction of sp³-hybridized carbons (Fsp3) is 0.889. The zero-order valence-corrected chi connectivity index (χ0v) is 7.18. The first-order valence-electron chi connectivity index (χ1n) is 4.56. The summed E-state index contributed by atoms with van der Waals surface area (Å²) >= 11 is 0. The summed E-state index contributed by atoms with van der Waals surface area (Å²) in [6.45, 7) is 1.87. The molecule has 0 unspecified atom stereocenters. The molecular formula is C9H16NO. The minimum Gasteiger partial charge on any atom is -0.273 e. The van der Waals surface area contributed by atoms with Gasteiger partial charge in [0.05, 0.1) is 6.04 Å². The standard InChI is InChI=1S/C9H16NO/c1-2-9(11)10-8-6-4-3-5-7-8/h8H,2-7H2,1H3. The Bertz CT molecular complexity index is 128. The second kappa shape index (κ2) is 4.37. The van der Waals surface area contributed by atoms with Gasteiger partial charge in [-0.1, -0.05) is 26.2 Å². The predicted molar refractivity (Wildman–Crippen MR) is 44.3 cm³/mol. The molecule has 1 amide bonds. The second-order valence-corrected chi connectivity index (χ2v) is 3.17. The highest BCUT2D eigenvalue weighted by atomic mass is 16.1. The normalized spacial score (nSPS) is 19.7. The molecule has 0 saturated heterocycles. The monoisotopic (exact) mass is 154 g/mol. The minimum absolute atomic E-state index is 0.0805. The lowest BCUT2D eigenvalue weighted by Crippen LogP contribution is -2.29.